The number of hydrogen-bond acceptors (Lipinski definition) is 4. The van der Waals surface area contributed by atoms with Crippen molar-refractivity contribution in [2.45, 2.75) is 45.0 Å². The minimum atomic E-state index is 0.105. The Morgan fingerprint density at radius 2 is 1.88 bits per heavy atom. The number of nitrogens with zero attached hydrogens (tertiary/aromatic N) is 2. The van der Waals surface area contributed by atoms with Gasteiger partial charge in [0.2, 0.25) is 0 Å². The molecule has 1 fully saturated rings. The van der Waals surface area contributed by atoms with Crippen molar-refractivity contribution in [3.05, 3.63) is 17.5 Å². The zero-order valence-corrected chi connectivity index (χ0v) is 10.1. The topological polar surface area (TPSA) is 44.2 Å². The summed E-state index contributed by atoms with van der Waals surface area (Å²) in [6.07, 6.45) is 5.37. The molecule has 0 aromatic carbocycles. The van der Waals surface area contributed by atoms with Gasteiger partial charge in [-0.2, -0.15) is 0 Å². The zero-order chi connectivity index (χ0) is 11.5. The van der Waals surface area contributed by atoms with Crippen molar-refractivity contribution in [3.8, 4) is 5.88 Å². The summed E-state index contributed by atoms with van der Waals surface area (Å²) < 4.78 is 11.4. The molecule has 2 atom stereocenters. The molecule has 0 radical (unpaired) electrons. The number of aromatic nitrogens is 2. The van der Waals surface area contributed by atoms with Crippen LogP contribution < -0.4 is 4.74 Å². The van der Waals surface area contributed by atoms with E-state index in [-0.39, 0.29) is 18.3 Å². The number of ether oxygens (including phenoxy) is 2. The molecule has 1 saturated heterocycles. The van der Waals surface area contributed by atoms with Crippen LogP contribution in [0, 0.1) is 0 Å². The molecular formula is C11H15ClN2O2. The number of rotatable bonds is 2. The zero-order valence-electron chi connectivity index (χ0n) is 9.39. The minimum absolute atomic E-state index is 0.105. The second-order valence-corrected chi connectivity index (χ2v) is 4.48. The van der Waals surface area contributed by atoms with Crippen molar-refractivity contribution in [1.29, 1.82) is 0 Å². The summed E-state index contributed by atoms with van der Waals surface area (Å²) in [6.45, 7) is 4.09. The highest BCUT2D eigenvalue weighted by atomic mass is 35.5. The molecule has 2 unspecified atom stereocenters. The van der Waals surface area contributed by atoms with Crippen molar-refractivity contribution in [1.82, 2.24) is 9.97 Å². The number of halogens is 1. The summed E-state index contributed by atoms with van der Waals surface area (Å²) in [7, 11) is 0. The Morgan fingerprint density at radius 3 is 2.50 bits per heavy atom. The average molecular weight is 243 g/mol. The van der Waals surface area contributed by atoms with E-state index >= 15 is 0 Å². The van der Waals surface area contributed by atoms with Crippen LogP contribution in [0.3, 0.4) is 0 Å². The summed E-state index contributed by atoms with van der Waals surface area (Å²) in [6, 6.07) is 0. The molecule has 88 valence electrons. The van der Waals surface area contributed by atoms with E-state index in [1.165, 1.54) is 0 Å². The van der Waals surface area contributed by atoms with Crippen molar-refractivity contribution in [2.24, 2.45) is 0 Å². The Labute approximate surface area is 99.9 Å². The van der Waals surface area contributed by atoms with Gasteiger partial charge in [0.05, 0.1) is 12.2 Å². The van der Waals surface area contributed by atoms with Gasteiger partial charge >= 0.3 is 0 Å². The Balaban J connectivity index is 2.02. The lowest BCUT2D eigenvalue weighted by Crippen LogP contribution is -2.35. The highest BCUT2D eigenvalue weighted by Crippen LogP contribution is 2.25. The molecule has 1 aliphatic heterocycles. The van der Waals surface area contributed by atoms with E-state index < -0.39 is 0 Å². The lowest BCUT2D eigenvalue weighted by molar-refractivity contribution is -0.0730. The standard InChI is InChI=1S/C11H15ClN2O2/c1-7-5-9(6-8(2)15-7)16-11-10(12)13-3-4-14-11/h3-4,7-9H,5-6H2,1-2H3. The maximum Gasteiger partial charge on any atom is 0.252 e. The van der Waals surface area contributed by atoms with E-state index in [2.05, 4.69) is 9.97 Å². The molecule has 16 heavy (non-hydrogen) atoms. The normalized spacial score (nSPS) is 30.1. The van der Waals surface area contributed by atoms with Gasteiger partial charge in [-0.1, -0.05) is 11.6 Å². The highest BCUT2D eigenvalue weighted by molar-refractivity contribution is 6.30. The van der Waals surface area contributed by atoms with Crippen molar-refractivity contribution < 1.29 is 9.47 Å². The smallest absolute Gasteiger partial charge is 0.252 e. The first-order valence-corrected chi connectivity index (χ1v) is 5.81. The highest BCUT2D eigenvalue weighted by Gasteiger charge is 2.26. The molecule has 0 amide bonds. The van der Waals surface area contributed by atoms with E-state index in [0.717, 1.165) is 12.8 Å². The molecule has 1 aromatic rings. The van der Waals surface area contributed by atoms with E-state index in [1.54, 1.807) is 12.4 Å². The predicted octanol–water partition coefficient (Wildman–Crippen LogP) is 2.46. The molecule has 1 aliphatic rings. The van der Waals surface area contributed by atoms with Crippen LogP contribution >= 0.6 is 11.6 Å². The van der Waals surface area contributed by atoms with Crippen LogP contribution in [0.4, 0.5) is 0 Å². The van der Waals surface area contributed by atoms with Crippen LogP contribution in [0.5, 0.6) is 5.88 Å². The summed E-state index contributed by atoms with van der Waals surface area (Å²) >= 11 is 5.89. The van der Waals surface area contributed by atoms with Gasteiger partial charge in [0.1, 0.15) is 6.10 Å². The van der Waals surface area contributed by atoms with Crippen LogP contribution in [0.15, 0.2) is 12.4 Å². The van der Waals surface area contributed by atoms with Gasteiger partial charge in [0.15, 0.2) is 5.15 Å². The second-order valence-electron chi connectivity index (χ2n) is 4.12. The maximum atomic E-state index is 5.89. The first-order valence-electron chi connectivity index (χ1n) is 5.43. The maximum absolute atomic E-state index is 5.89. The molecule has 0 bridgehead atoms. The average Bonchev–Trinajstić information content (AvgIpc) is 2.20. The van der Waals surface area contributed by atoms with Gasteiger partial charge in [-0.15, -0.1) is 0 Å². The Morgan fingerprint density at radius 1 is 1.25 bits per heavy atom. The van der Waals surface area contributed by atoms with Crippen LogP contribution in [0.1, 0.15) is 26.7 Å². The first kappa shape index (κ1) is 11.6. The van der Waals surface area contributed by atoms with E-state index in [9.17, 15) is 0 Å². The van der Waals surface area contributed by atoms with Gasteiger partial charge in [0.25, 0.3) is 5.88 Å². The summed E-state index contributed by atoms with van der Waals surface area (Å²) in [5, 5.41) is 0.314. The van der Waals surface area contributed by atoms with Crippen LogP contribution in [-0.2, 0) is 4.74 Å². The van der Waals surface area contributed by atoms with Gasteiger partial charge in [-0.25, -0.2) is 9.97 Å². The van der Waals surface area contributed by atoms with Gasteiger partial charge in [-0.3, -0.25) is 0 Å². The third-order valence-corrected chi connectivity index (χ3v) is 2.81. The Kier molecular flexibility index (Phi) is 3.61. The van der Waals surface area contributed by atoms with E-state index in [4.69, 9.17) is 21.1 Å². The molecule has 5 heteroatoms. The monoisotopic (exact) mass is 242 g/mol. The fourth-order valence-electron chi connectivity index (χ4n) is 1.99. The quantitative estimate of drug-likeness (QED) is 0.799. The van der Waals surface area contributed by atoms with Crippen molar-refractivity contribution in [3.63, 3.8) is 0 Å². The second kappa shape index (κ2) is 4.97. The van der Waals surface area contributed by atoms with Crippen molar-refractivity contribution >= 4 is 11.6 Å². The van der Waals surface area contributed by atoms with Gasteiger partial charge < -0.3 is 9.47 Å². The first-order chi connectivity index (χ1) is 7.65. The molecule has 0 spiro atoms. The summed E-state index contributed by atoms with van der Waals surface area (Å²) in [4.78, 5) is 7.99. The fourth-order valence-corrected chi connectivity index (χ4v) is 2.14. The molecule has 0 aliphatic carbocycles. The molecule has 0 saturated carbocycles. The van der Waals surface area contributed by atoms with Crippen LogP contribution in [-0.4, -0.2) is 28.3 Å². The molecular weight excluding hydrogens is 228 g/mol. The molecule has 2 heterocycles. The lowest BCUT2D eigenvalue weighted by Gasteiger charge is -2.31. The van der Waals surface area contributed by atoms with Gasteiger partial charge in [0, 0.05) is 25.2 Å². The van der Waals surface area contributed by atoms with E-state index in [1.807, 2.05) is 13.8 Å². The van der Waals surface area contributed by atoms with Crippen LogP contribution in [0.25, 0.3) is 0 Å². The lowest BCUT2D eigenvalue weighted by atomic mass is 10.0. The number of hydrogen-bond donors (Lipinski definition) is 0. The Hall–Kier alpha value is -0.870. The largest absolute Gasteiger partial charge is 0.472 e. The molecule has 2 rings (SSSR count). The SMILES string of the molecule is CC1CC(Oc2nccnc2Cl)CC(C)O1. The predicted molar refractivity (Wildman–Crippen MR) is 60.7 cm³/mol. The van der Waals surface area contributed by atoms with Crippen LogP contribution in [0.2, 0.25) is 5.15 Å². The van der Waals surface area contributed by atoms with Crippen molar-refractivity contribution in [2.75, 3.05) is 0 Å². The third kappa shape index (κ3) is 2.83. The summed E-state index contributed by atoms with van der Waals surface area (Å²) in [5.41, 5.74) is 0. The summed E-state index contributed by atoms with van der Waals surface area (Å²) in [5.74, 6) is 0.412. The molecule has 0 N–H and O–H groups in total. The fraction of sp³-hybridized carbons (Fsp3) is 0.636. The Bertz CT molecular complexity index is 352. The third-order valence-electron chi connectivity index (χ3n) is 2.56. The molecule has 1 aromatic heterocycles. The molecule has 4 nitrogen and oxygen atoms in total. The minimum Gasteiger partial charge on any atom is -0.472 e. The van der Waals surface area contributed by atoms with Gasteiger partial charge in [-0.05, 0) is 13.8 Å². The van der Waals surface area contributed by atoms with E-state index in [0.29, 0.717) is 11.0 Å².